The minimum atomic E-state index is -0.887. The van der Waals surface area contributed by atoms with Crippen LogP contribution in [0.2, 0.25) is 0 Å². The highest BCUT2D eigenvalue weighted by Crippen LogP contribution is 2.07. The molecule has 4 nitrogen and oxygen atoms in total. The van der Waals surface area contributed by atoms with Gasteiger partial charge in [0.1, 0.15) is 12.4 Å². The molecule has 0 spiro atoms. The van der Waals surface area contributed by atoms with E-state index in [0.717, 1.165) is 5.75 Å². The second-order valence-corrected chi connectivity index (χ2v) is 3.75. The Bertz CT molecular complexity index is 384. The first-order valence-corrected chi connectivity index (χ1v) is 5.86. The van der Waals surface area contributed by atoms with E-state index in [1.54, 1.807) is 13.0 Å². The molecule has 0 aliphatic carbocycles. The van der Waals surface area contributed by atoms with Crippen molar-refractivity contribution in [2.24, 2.45) is 0 Å². The Morgan fingerprint density at radius 3 is 2.61 bits per heavy atom. The van der Waals surface area contributed by atoms with Gasteiger partial charge in [0, 0.05) is 5.57 Å². The Kier molecular flexibility index (Phi) is 6.58. The van der Waals surface area contributed by atoms with Crippen molar-refractivity contribution >= 4 is 5.97 Å². The summed E-state index contributed by atoms with van der Waals surface area (Å²) in [6, 6.07) is 9.53. The lowest BCUT2D eigenvalue weighted by Crippen LogP contribution is -2.07. The number of aliphatic carboxylic acids is 1. The zero-order valence-corrected chi connectivity index (χ0v) is 10.5. The molecule has 0 radical (unpaired) electrons. The summed E-state index contributed by atoms with van der Waals surface area (Å²) in [5.74, 6) is -0.0647. The molecule has 1 N–H and O–H groups in total. The van der Waals surface area contributed by atoms with Gasteiger partial charge in [0.25, 0.3) is 0 Å². The Morgan fingerprint density at radius 1 is 1.22 bits per heavy atom. The lowest BCUT2D eigenvalue weighted by atomic mass is 10.2. The molecule has 0 fully saturated rings. The van der Waals surface area contributed by atoms with Crippen LogP contribution in [0.1, 0.15) is 13.3 Å². The predicted molar refractivity (Wildman–Crippen MR) is 68.8 cm³/mol. The number of benzene rings is 1. The van der Waals surface area contributed by atoms with Gasteiger partial charge < -0.3 is 14.6 Å². The number of ether oxygens (including phenoxy) is 2. The van der Waals surface area contributed by atoms with Crippen LogP contribution >= 0.6 is 0 Å². The van der Waals surface area contributed by atoms with E-state index in [9.17, 15) is 4.79 Å². The molecule has 4 heteroatoms. The first kappa shape index (κ1) is 14.3. The molecule has 0 unspecified atom stereocenters. The molecule has 1 aromatic carbocycles. The summed E-state index contributed by atoms with van der Waals surface area (Å²) in [7, 11) is 0. The molecule has 18 heavy (non-hydrogen) atoms. The maximum absolute atomic E-state index is 10.5. The summed E-state index contributed by atoms with van der Waals surface area (Å²) in [6.07, 6.45) is 2.25. The molecule has 1 rings (SSSR count). The molecular formula is C14H18O4. The number of carbonyl (C=O) groups is 1. The first-order chi connectivity index (χ1) is 8.70. The van der Waals surface area contributed by atoms with Gasteiger partial charge in [0.05, 0.1) is 13.2 Å². The van der Waals surface area contributed by atoms with E-state index >= 15 is 0 Å². The van der Waals surface area contributed by atoms with E-state index in [2.05, 4.69) is 0 Å². The van der Waals surface area contributed by atoms with Crippen molar-refractivity contribution in [2.75, 3.05) is 19.8 Å². The van der Waals surface area contributed by atoms with Gasteiger partial charge in [0.15, 0.2) is 0 Å². The van der Waals surface area contributed by atoms with Crippen LogP contribution in [0.15, 0.2) is 42.0 Å². The van der Waals surface area contributed by atoms with Crippen LogP contribution in [0.3, 0.4) is 0 Å². The summed E-state index contributed by atoms with van der Waals surface area (Å²) in [5.41, 5.74) is 0.346. The normalized spacial score (nSPS) is 11.3. The summed E-state index contributed by atoms with van der Waals surface area (Å²) < 4.78 is 10.8. The van der Waals surface area contributed by atoms with Crippen molar-refractivity contribution in [1.82, 2.24) is 0 Å². The van der Waals surface area contributed by atoms with E-state index in [4.69, 9.17) is 14.6 Å². The predicted octanol–water partition coefficient (Wildman–Crippen LogP) is 2.50. The number of rotatable bonds is 8. The minimum absolute atomic E-state index is 0.346. The van der Waals surface area contributed by atoms with Gasteiger partial charge in [-0.15, -0.1) is 0 Å². The summed E-state index contributed by atoms with van der Waals surface area (Å²) in [6.45, 7) is 3.06. The number of hydrogen-bond donors (Lipinski definition) is 1. The van der Waals surface area contributed by atoms with Gasteiger partial charge >= 0.3 is 5.97 Å². The third kappa shape index (κ3) is 6.06. The van der Waals surface area contributed by atoms with E-state index in [1.165, 1.54) is 0 Å². The lowest BCUT2D eigenvalue weighted by Gasteiger charge is -2.06. The molecule has 0 aliphatic rings. The second-order valence-electron chi connectivity index (χ2n) is 3.75. The maximum atomic E-state index is 10.5. The van der Waals surface area contributed by atoms with Crippen molar-refractivity contribution in [1.29, 1.82) is 0 Å². The highest BCUT2D eigenvalue weighted by atomic mass is 16.5. The zero-order valence-electron chi connectivity index (χ0n) is 10.5. The number of hydrogen-bond acceptors (Lipinski definition) is 3. The third-order valence-electron chi connectivity index (χ3n) is 2.29. The maximum Gasteiger partial charge on any atom is 0.330 e. The monoisotopic (exact) mass is 250 g/mol. The van der Waals surface area contributed by atoms with E-state index in [0.29, 0.717) is 31.8 Å². The second kappa shape index (κ2) is 8.31. The van der Waals surface area contributed by atoms with Crippen LogP contribution in [0.25, 0.3) is 0 Å². The largest absolute Gasteiger partial charge is 0.491 e. The summed E-state index contributed by atoms with van der Waals surface area (Å²) in [4.78, 5) is 10.5. The Balaban J connectivity index is 2.03. The smallest absolute Gasteiger partial charge is 0.330 e. The number of para-hydroxylation sites is 1. The van der Waals surface area contributed by atoms with Crippen LogP contribution in [0.4, 0.5) is 0 Å². The van der Waals surface area contributed by atoms with Crippen molar-refractivity contribution in [2.45, 2.75) is 13.3 Å². The fourth-order valence-electron chi connectivity index (χ4n) is 1.28. The molecule has 0 heterocycles. The van der Waals surface area contributed by atoms with Gasteiger partial charge in [0.2, 0.25) is 0 Å². The summed E-state index contributed by atoms with van der Waals surface area (Å²) >= 11 is 0. The van der Waals surface area contributed by atoms with Crippen LogP contribution < -0.4 is 4.74 Å². The lowest BCUT2D eigenvalue weighted by molar-refractivity contribution is -0.132. The van der Waals surface area contributed by atoms with Gasteiger partial charge in [-0.25, -0.2) is 4.79 Å². The van der Waals surface area contributed by atoms with Crippen LogP contribution in [0.5, 0.6) is 5.75 Å². The fourth-order valence-corrected chi connectivity index (χ4v) is 1.28. The van der Waals surface area contributed by atoms with Gasteiger partial charge in [-0.05, 0) is 25.5 Å². The van der Waals surface area contributed by atoms with Crippen LogP contribution in [-0.4, -0.2) is 30.9 Å². The Hall–Kier alpha value is -1.81. The molecule has 0 atom stereocenters. The number of carboxylic acid groups (broad SMARTS) is 1. The van der Waals surface area contributed by atoms with Crippen LogP contribution in [-0.2, 0) is 9.53 Å². The SMILES string of the molecule is C/C(=C\CCOCCOc1ccccc1)C(=O)O. The summed E-state index contributed by atoms with van der Waals surface area (Å²) in [5, 5.41) is 8.62. The van der Waals surface area contributed by atoms with E-state index < -0.39 is 5.97 Å². The average molecular weight is 250 g/mol. The topological polar surface area (TPSA) is 55.8 Å². The Labute approximate surface area is 107 Å². The Morgan fingerprint density at radius 2 is 1.94 bits per heavy atom. The van der Waals surface area contributed by atoms with E-state index in [-0.39, 0.29) is 0 Å². The standard InChI is InChI=1S/C14H18O4/c1-12(14(15)16)6-5-9-17-10-11-18-13-7-3-2-4-8-13/h2-4,6-8H,5,9-11H2,1H3,(H,15,16)/b12-6+. The molecule has 0 saturated carbocycles. The molecule has 98 valence electrons. The van der Waals surface area contributed by atoms with Crippen molar-refractivity contribution in [3.63, 3.8) is 0 Å². The fraction of sp³-hybridized carbons (Fsp3) is 0.357. The molecule has 0 bridgehead atoms. The highest BCUT2D eigenvalue weighted by Gasteiger charge is 1.97. The van der Waals surface area contributed by atoms with Crippen molar-refractivity contribution in [3.8, 4) is 5.75 Å². The molecule has 0 aliphatic heterocycles. The molecule has 0 saturated heterocycles. The average Bonchev–Trinajstić information content (AvgIpc) is 2.38. The number of carboxylic acids is 1. The quantitative estimate of drug-likeness (QED) is 0.569. The molecule has 0 aromatic heterocycles. The van der Waals surface area contributed by atoms with Gasteiger partial charge in [-0.1, -0.05) is 24.3 Å². The first-order valence-electron chi connectivity index (χ1n) is 5.86. The van der Waals surface area contributed by atoms with Crippen molar-refractivity contribution in [3.05, 3.63) is 42.0 Å². The molecular weight excluding hydrogens is 232 g/mol. The highest BCUT2D eigenvalue weighted by molar-refractivity contribution is 5.85. The van der Waals surface area contributed by atoms with Gasteiger partial charge in [-0.3, -0.25) is 0 Å². The minimum Gasteiger partial charge on any atom is -0.491 e. The van der Waals surface area contributed by atoms with E-state index in [1.807, 2.05) is 30.3 Å². The molecule has 1 aromatic rings. The molecule has 0 amide bonds. The zero-order chi connectivity index (χ0) is 13.2. The van der Waals surface area contributed by atoms with Crippen LogP contribution in [0, 0.1) is 0 Å². The van der Waals surface area contributed by atoms with Crippen molar-refractivity contribution < 1.29 is 19.4 Å². The third-order valence-corrected chi connectivity index (χ3v) is 2.29. The van der Waals surface area contributed by atoms with Gasteiger partial charge in [-0.2, -0.15) is 0 Å².